The number of nitriles is 1. The van der Waals surface area contributed by atoms with Crippen LogP contribution in [-0.2, 0) is 27.7 Å². The number of benzene rings is 1. The number of nitrogens with one attached hydrogen (secondary N) is 1. The van der Waals surface area contributed by atoms with E-state index in [9.17, 15) is 18.5 Å². The van der Waals surface area contributed by atoms with Gasteiger partial charge >= 0.3 is 0 Å². The molecule has 0 spiro atoms. The lowest BCUT2D eigenvalue weighted by molar-refractivity contribution is -0.115. The largest absolute Gasteiger partial charge is 0.326 e. The molecule has 7 nitrogen and oxygen atoms in total. The number of aromatic nitrogens is 1. The second-order valence-corrected chi connectivity index (χ2v) is 9.77. The second kappa shape index (κ2) is 8.95. The number of nitrogens with two attached hydrogens (primary N) is 1. The predicted octanol–water partition coefficient (Wildman–Crippen LogP) is 2.85. The van der Waals surface area contributed by atoms with Gasteiger partial charge in [0.15, 0.2) is 0 Å². The van der Waals surface area contributed by atoms with Gasteiger partial charge in [-0.1, -0.05) is 6.92 Å². The number of sulfonamides is 1. The van der Waals surface area contributed by atoms with Gasteiger partial charge in [-0.3, -0.25) is 4.79 Å². The van der Waals surface area contributed by atoms with Crippen LogP contribution in [0.15, 0.2) is 40.3 Å². The first-order valence-electron chi connectivity index (χ1n) is 9.24. The molecule has 1 unspecified atom stereocenters. The summed E-state index contributed by atoms with van der Waals surface area (Å²) in [5.41, 5.74) is 3.27. The molecular formula is C20H22N4O3S2. The van der Waals surface area contributed by atoms with E-state index in [4.69, 9.17) is 5.14 Å². The molecule has 29 heavy (non-hydrogen) atoms. The van der Waals surface area contributed by atoms with Crippen LogP contribution < -0.4 is 10.5 Å². The van der Waals surface area contributed by atoms with E-state index in [1.165, 1.54) is 36.0 Å². The van der Waals surface area contributed by atoms with Crippen molar-refractivity contribution in [3.63, 3.8) is 0 Å². The summed E-state index contributed by atoms with van der Waals surface area (Å²) in [5.74, 6) is 0.890. The number of anilines is 1. The van der Waals surface area contributed by atoms with Crippen LogP contribution in [0.5, 0.6) is 0 Å². The first-order valence-corrected chi connectivity index (χ1v) is 11.8. The van der Waals surface area contributed by atoms with Crippen LogP contribution in [-0.4, -0.2) is 25.1 Å². The van der Waals surface area contributed by atoms with Crippen molar-refractivity contribution in [1.82, 2.24) is 4.98 Å². The number of hydrogen-bond acceptors (Lipinski definition) is 6. The number of fused-ring (bicyclic) bond motifs is 1. The lowest BCUT2D eigenvalue weighted by atomic mass is 9.87. The fraction of sp³-hybridized carbons (Fsp3) is 0.350. The summed E-state index contributed by atoms with van der Waals surface area (Å²) in [4.78, 5) is 16.8. The van der Waals surface area contributed by atoms with Crippen molar-refractivity contribution in [3.8, 4) is 6.07 Å². The number of aryl methyl sites for hydroxylation is 1. The van der Waals surface area contributed by atoms with E-state index in [0.717, 1.165) is 30.5 Å². The molecule has 9 heteroatoms. The number of hydrogen-bond donors (Lipinski definition) is 2. The lowest BCUT2D eigenvalue weighted by Gasteiger charge is -2.21. The van der Waals surface area contributed by atoms with Crippen LogP contribution in [0.25, 0.3) is 0 Å². The minimum Gasteiger partial charge on any atom is -0.326 e. The van der Waals surface area contributed by atoms with Crippen molar-refractivity contribution in [3.05, 3.63) is 47.2 Å². The fourth-order valence-corrected chi connectivity index (χ4v) is 4.64. The molecule has 152 valence electrons. The number of carbonyl (C=O) groups is 1. The maximum absolute atomic E-state index is 12.2. The summed E-state index contributed by atoms with van der Waals surface area (Å²) >= 11 is 1.40. The highest BCUT2D eigenvalue weighted by molar-refractivity contribution is 7.99. The van der Waals surface area contributed by atoms with Crippen molar-refractivity contribution in [2.75, 3.05) is 11.1 Å². The summed E-state index contributed by atoms with van der Waals surface area (Å²) in [6.07, 6.45) is 3.21. The fourth-order valence-electron chi connectivity index (χ4n) is 3.21. The van der Waals surface area contributed by atoms with Crippen LogP contribution >= 0.6 is 11.8 Å². The van der Waals surface area contributed by atoms with Gasteiger partial charge in [-0.2, -0.15) is 5.26 Å². The standard InChI is InChI=1S/C20H22N4O3S2/c1-13-2-7-18-14(10-13)11-15(12-21)20(24-18)28-9-8-19(25)23-16-3-5-17(6-4-16)29(22,26)27/h3-6,11,13H,2,7-10H2,1H3,(H,23,25)(H2,22,26,27). The van der Waals surface area contributed by atoms with Gasteiger partial charge in [-0.15, -0.1) is 11.8 Å². The normalized spacial score (nSPS) is 16.0. The van der Waals surface area contributed by atoms with Crippen LogP contribution in [0.1, 0.15) is 36.6 Å². The first kappa shape index (κ1) is 21.3. The molecule has 0 bridgehead atoms. The van der Waals surface area contributed by atoms with Gasteiger partial charge in [-0.25, -0.2) is 18.5 Å². The van der Waals surface area contributed by atoms with E-state index >= 15 is 0 Å². The monoisotopic (exact) mass is 430 g/mol. The Balaban J connectivity index is 1.57. The Morgan fingerprint density at radius 1 is 1.38 bits per heavy atom. The number of thioether (sulfide) groups is 1. The number of rotatable bonds is 6. The maximum atomic E-state index is 12.2. The molecule has 0 aliphatic heterocycles. The third-order valence-electron chi connectivity index (χ3n) is 4.75. The Hall–Kier alpha value is -2.41. The van der Waals surface area contributed by atoms with Crippen molar-refractivity contribution >= 4 is 33.4 Å². The van der Waals surface area contributed by atoms with Crippen LogP contribution in [0.4, 0.5) is 5.69 Å². The predicted molar refractivity (Wildman–Crippen MR) is 112 cm³/mol. The Bertz CT molecular complexity index is 1060. The highest BCUT2D eigenvalue weighted by Gasteiger charge is 2.19. The maximum Gasteiger partial charge on any atom is 0.238 e. The van der Waals surface area contributed by atoms with E-state index in [2.05, 4.69) is 23.3 Å². The van der Waals surface area contributed by atoms with Gasteiger partial charge < -0.3 is 5.32 Å². The molecule has 0 saturated carbocycles. The quantitative estimate of drug-likeness (QED) is 0.679. The molecule has 1 aromatic carbocycles. The Morgan fingerprint density at radius 3 is 2.76 bits per heavy atom. The summed E-state index contributed by atoms with van der Waals surface area (Å²) in [5, 5.41) is 17.9. The third-order valence-corrected chi connectivity index (χ3v) is 6.68. The van der Waals surface area contributed by atoms with Crippen molar-refractivity contribution in [2.24, 2.45) is 11.1 Å². The molecule has 1 aliphatic rings. The Morgan fingerprint density at radius 2 is 2.10 bits per heavy atom. The minimum atomic E-state index is -3.76. The zero-order chi connectivity index (χ0) is 21.0. The molecule has 0 fully saturated rings. The van der Waals surface area contributed by atoms with Crippen LogP contribution in [0.3, 0.4) is 0 Å². The molecule has 1 atom stereocenters. The van der Waals surface area contributed by atoms with E-state index in [1.807, 2.05) is 6.07 Å². The topological polar surface area (TPSA) is 126 Å². The molecule has 1 aliphatic carbocycles. The van der Waals surface area contributed by atoms with Gasteiger partial charge in [0, 0.05) is 23.6 Å². The van der Waals surface area contributed by atoms with E-state index in [1.54, 1.807) is 0 Å². The molecule has 1 amide bonds. The molecular weight excluding hydrogens is 408 g/mol. The molecule has 0 saturated heterocycles. The zero-order valence-electron chi connectivity index (χ0n) is 16.0. The summed E-state index contributed by atoms with van der Waals surface area (Å²) < 4.78 is 22.5. The smallest absolute Gasteiger partial charge is 0.238 e. The Kier molecular flexibility index (Phi) is 6.57. The van der Waals surface area contributed by atoms with E-state index < -0.39 is 10.0 Å². The number of nitrogens with zero attached hydrogens (tertiary/aromatic N) is 2. The summed E-state index contributed by atoms with van der Waals surface area (Å²) in [7, 11) is -3.76. The molecule has 1 aromatic heterocycles. The highest BCUT2D eigenvalue weighted by Crippen LogP contribution is 2.29. The average Bonchev–Trinajstić information content (AvgIpc) is 2.67. The number of carbonyl (C=O) groups excluding carboxylic acids is 1. The number of amides is 1. The molecule has 1 heterocycles. The lowest BCUT2D eigenvalue weighted by Crippen LogP contribution is -2.15. The zero-order valence-corrected chi connectivity index (χ0v) is 17.6. The van der Waals surface area contributed by atoms with E-state index in [-0.39, 0.29) is 17.2 Å². The summed E-state index contributed by atoms with van der Waals surface area (Å²) in [6.45, 7) is 2.21. The summed E-state index contributed by atoms with van der Waals surface area (Å²) in [6, 6.07) is 9.82. The molecule has 3 rings (SSSR count). The van der Waals surface area contributed by atoms with Crippen LogP contribution in [0.2, 0.25) is 0 Å². The average molecular weight is 431 g/mol. The van der Waals surface area contributed by atoms with Crippen molar-refractivity contribution in [2.45, 2.75) is 42.5 Å². The van der Waals surface area contributed by atoms with Gasteiger partial charge in [0.25, 0.3) is 0 Å². The molecule has 2 aromatic rings. The van der Waals surface area contributed by atoms with Gasteiger partial charge in [0.1, 0.15) is 11.1 Å². The van der Waals surface area contributed by atoms with Gasteiger partial charge in [0.05, 0.1) is 10.5 Å². The van der Waals surface area contributed by atoms with Crippen molar-refractivity contribution in [1.29, 1.82) is 5.26 Å². The minimum absolute atomic E-state index is 0.0111. The second-order valence-electron chi connectivity index (χ2n) is 7.12. The first-order chi connectivity index (χ1) is 13.8. The number of pyridine rings is 1. The SMILES string of the molecule is CC1CCc2nc(SCCC(=O)Nc3ccc(S(N)(=O)=O)cc3)c(C#N)cc2C1. The van der Waals surface area contributed by atoms with Gasteiger partial charge in [-0.05, 0) is 61.1 Å². The highest BCUT2D eigenvalue weighted by atomic mass is 32.2. The number of primary sulfonamides is 1. The van der Waals surface area contributed by atoms with Gasteiger partial charge in [0.2, 0.25) is 15.9 Å². The Labute approximate surface area is 174 Å². The molecule has 0 radical (unpaired) electrons. The third kappa shape index (κ3) is 5.56. The molecule has 3 N–H and O–H groups in total. The van der Waals surface area contributed by atoms with Crippen LogP contribution in [0, 0.1) is 17.2 Å². The van der Waals surface area contributed by atoms with E-state index in [0.29, 0.717) is 27.9 Å². The van der Waals surface area contributed by atoms with Crippen molar-refractivity contribution < 1.29 is 13.2 Å².